The van der Waals surface area contributed by atoms with Gasteiger partial charge in [-0.05, 0) is 19.3 Å². The fourth-order valence-electron chi connectivity index (χ4n) is 2.45. The summed E-state index contributed by atoms with van der Waals surface area (Å²) < 4.78 is 0. The first-order valence-electron chi connectivity index (χ1n) is 6.91. The van der Waals surface area contributed by atoms with Gasteiger partial charge in [-0.15, -0.1) is 0 Å². The molecule has 0 radical (unpaired) electrons. The van der Waals surface area contributed by atoms with E-state index < -0.39 is 11.9 Å². The van der Waals surface area contributed by atoms with Gasteiger partial charge in [-0.1, -0.05) is 19.3 Å². The maximum absolute atomic E-state index is 11.9. The number of amides is 2. The van der Waals surface area contributed by atoms with Crippen molar-refractivity contribution >= 4 is 12.0 Å². The highest BCUT2D eigenvalue weighted by atomic mass is 16.4. The predicted molar refractivity (Wildman–Crippen MR) is 70.9 cm³/mol. The maximum atomic E-state index is 11.9. The van der Waals surface area contributed by atoms with E-state index in [2.05, 4.69) is 5.32 Å². The van der Waals surface area contributed by atoms with Crippen LogP contribution in [0.4, 0.5) is 4.79 Å². The van der Waals surface area contributed by atoms with Crippen molar-refractivity contribution in [1.82, 2.24) is 10.2 Å². The fourth-order valence-corrected chi connectivity index (χ4v) is 2.45. The van der Waals surface area contributed by atoms with E-state index in [1.54, 1.807) is 7.05 Å². The van der Waals surface area contributed by atoms with Gasteiger partial charge in [0, 0.05) is 26.2 Å². The van der Waals surface area contributed by atoms with Gasteiger partial charge in [0.15, 0.2) is 0 Å². The molecule has 2 atom stereocenters. The molecule has 19 heavy (non-hydrogen) atoms. The molecule has 1 saturated carbocycles. The molecule has 1 aliphatic carbocycles. The van der Waals surface area contributed by atoms with Crippen LogP contribution >= 0.6 is 0 Å². The summed E-state index contributed by atoms with van der Waals surface area (Å²) in [5.41, 5.74) is 0. The zero-order chi connectivity index (χ0) is 14.3. The zero-order valence-corrected chi connectivity index (χ0v) is 11.5. The van der Waals surface area contributed by atoms with Gasteiger partial charge in [0.1, 0.15) is 0 Å². The summed E-state index contributed by atoms with van der Waals surface area (Å²) in [5.74, 6) is -1.32. The highest BCUT2D eigenvalue weighted by molar-refractivity contribution is 5.76. The minimum absolute atomic E-state index is 0.0405. The van der Waals surface area contributed by atoms with Gasteiger partial charge >= 0.3 is 12.0 Å². The molecule has 0 saturated heterocycles. The smallest absolute Gasteiger partial charge is 0.317 e. The third-order valence-electron chi connectivity index (χ3n) is 3.64. The number of carbonyl (C=O) groups is 2. The molecule has 0 aromatic heterocycles. The highest BCUT2D eigenvalue weighted by Crippen LogP contribution is 2.23. The topological polar surface area (TPSA) is 89.9 Å². The van der Waals surface area contributed by atoms with E-state index in [1.807, 2.05) is 0 Å². The molecule has 110 valence electrons. The lowest BCUT2D eigenvalue weighted by Gasteiger charge is -2.26. The van der Waals surface area contributed by atoms with Crippen molar-refractivity contribution in [2.24, 2.45) is 5.92 Å². The lowest BCUT2D eigenvalue weighted by Crippen LogP contribution is -2.48. The molecule has 1 fully saturated rings. The largest absolute Gasteiger partial charge is 0.481 e. The Morgan fingerprint density at radius 3 is 2.58 bits per heavy atom. The Balaban J connectivity index is 2.55. The van der Waals surface area contributed by atoms with Crippen molar-refractivity contribution in [3.63, 3.8) is 0 Å². The molecule has 0 aliphatic heterocycles. The van der Waals surface area contributed by atoms with Crippen molar-refractivity contribution in [3.8, 4) is 0 Å². The molecule has 2 amide bonds. The number of carboxylic acids is 1. The number of urea groups is 1. The number of rotatable bonds is 5. The molecule has 3 N–H and O–H groups in total. The van der Waals surface area contributed by atoms with Crippen LogP contribution in [0.5, 0.6) is 0 Å². The van der Waals surface area contributed by atoms with E-state index in [0.717, 1.165) is 25.7 Å². The first-order chi connectivity index (χ1) is 9.06. The molecule has 0 aromatic carbocycles. The molecule has 0 bridgehead atoms. The summed E-state index contributed by atoms with van der Waals surface area (Å²) in [6.45, 7) is 0.506. The molecule has 0 aromatic rings. The summed E-state index contributed by atoms with van der Waals surface area (Å²) in [6, 6.07) is -0.546. The Hall–Kier alpha value is -1.30. The normalized spacial score (nSPS) is 23.5. The molecule has 6 heteroatoms. The van der Waals surface area contributed by atoms with Crippen LogP contribution in [-0.4, -0.2) is 53.4 Å². The quantitative estimate of drug-likeness (QED) is 0.652. The molecule has 2 unspecified atom stereocenters. The van der Waals surface area contributed by atoms with E-state index in [4.69, 9.17) is 5.11 Å². The summed E-state index contributed by atoms with van der Waals surface area (Å²) in [6.07, 6.45) is 4.75. The second-order valence-corrected chi connectivity index (χ2v) is 5.14. The number of hydrogen-bond donors (Lipinski definition) is 3. The summed E-state index contributed by atoms with van der Waals surface area (Å²) in [5, 5.41) is 20.8. The molecular weight excluding hydrogens is 248 g/mol. The summed E-state index contributed by atoms with van der Waals surface area (Å²) in [4.78, 5) is 24.7. The molecule has 0 spiro atoms. The molecule has 1 rings (SSSR count). The number of hydrogen-bond acceptors (Lipinski definition) is 3. The van der Waals surface area contributed by atoms with Crippen LogP contribution in [-0.2, 0) is 4.79 Å². The molecular formula is C13H24N2O4. The summed E-state index contributed by atoms with van der Waals surface area (Å²) >= 11 is 0. The Morgan fingerprint density at radius 2 is 1.95 bits per heavy atom. The first kappa shape index (κ1) is 15.8. The van der Waals surface area contributed by atoms with Gasteiger partial charge in [0.05, 0.1) is 5.92 Å². The van der Waals surface area contributed by atoms with Crippen molar-refractivity contribution in [3.05, 3.63) is 0 Å². The van der Waals surface area contributed by atoms with Crippen LogP contribution < -0.4 is 5.32 Å². The number of nitrogens with zero attached hydrogens (tertiary/aromatic N) is 1. The number of nitrogens with one attached hydrogen (secondary N) is 1. The van der Waals surface area contributed by atoms with E-state index in [-0.39, 0.29) is 18.7 Å². The monoisotopic (exact) mass is 272 g/mol. The Bertz CT molecular complexity index is 309. The van der Waals surface area contributed by atoms with E-state index in [1.165, 1.54) is 4.90 Å². The first-order valence-corrected chi connectivity index (χ1v) is 6.91. The lowest BCUT2D eigenvalue weighted by atomic mass is 9.95. The number of aliphatic hydroxyl groups is 1. The van der Waals surface area contributed by atoms with E-state index >= 15 is 0 Å². The van der Waals surface area contributed by atoms with Gasteiger partial charge in [-0.2, -0.15) is 0 Å². The zero-order valence-electron chi connectivity index (χ0n) is 11.5. The van der Waals surface area contributed by atoms with Gasteiger partial charge in [-0.25, -0.2) is 4.79 Å². The predicted octanol–water partition coefficient (Wildman–Crippen LogP) is 1.04. The second kappa shape index (κ2) is 7.99. The number of carbonyl (C=O) groups excluding carboxylic acids is 1. The average Bonchev–Trinajstić information content (AvgIpc) is 2.61. The van der Waals surface area contributed by atoms with Gasteiger partial charge in [0.25, 0.3) is 0 Å². The minimum atomic E-state index is -0.829. The maximum Gasteiger partial charge on any atom is 0.317 e. The van der Waals surface area contributed by atoms with Crippen molar-refractivity contribution in [2.75, 3.05) is 20.2 Å². The van der Waals surface area contributed by atoms with Crippen molar-refractivity contribution < 1.29 is 19.8 Å². The third-order valence-corrected chi connectivity index (χ3v) is 3.64. The van der Waals surface area contributed by atoms with Crippen LogP contribution in [0.2, 0.25) is 0 Å². The van der Waals surface area contributed by atoms with Gasteiger partial charge in [-0.3, -0.25) is 4.79 Å². The Kier molecular flexibility index (Phi) is 6.62. The number of aliphatic hydroxyl groups excluding tert-OH is 1. The molecule has 0 heterocycles. The van der Waals surface area contributed by atoms with E-state index in [9.17, 15) is 14.7 Å². The van der Waals surface area contributed by atoms with Crippen LogP contribution in [0.25, 0.3) is 0 Å². The average molecular weight is 272 g/mol. The fraction of sp³-hybridized carbons (Fsp3) is 0.846. The Labute approximate surface area is 113 Å². The standard InChI is InChI=1S/C13H24N2O4/c1-15(8-5-9-16)13(19)14-11-7-4-2-3-6-10(11)12(17)18/h10-11,16H,2-9H2,1H3,(H,14,19)(H,17,18). The number of aliphatic carboxylic acids is 1. The van der Waals surface area contributed by atoms with Crippen molar-refractivity contribution in [1.29, 1.82) is 0 Å². The minimum Gasteiger partial charge on any atom is -0.481 e. The van der Waals surface area contributed by atoms with Crippen LogP contribution in [0, 0.1) is 5.92 Å². The van der Waals surface area contributed by atoms with Gasteiger partial charge < -0.3 is 20.4 Å². The highest BCUT2D eigenvalue weighted by Gasteiger charge is 2.31. The van der Waals surface area contributed by atoms with Crippen molar-refractivity contribution in [2.45, 2.75) is 44.6 Å². The van der Waals surface area contributed by atoms with Gasteiger partial charge in [0.2, 0.25) is 0 Å². The van der Waals surface area contributed by atoms with E-state index in [0.29, 0.717) is 19.4 Å². The summed E-state index contributed by atoms with van der Waals surface area (Å²) in [7, 11) is 1.65. The van der Waals surface area contributed by atoms with Crippen LogP contribution in [0.1, 0.15) is 38.5 Å². The third kappa shape index (κ3) is 5.06. The van der Waals surface area contributed by atoms with Crippen LogP contribution in [0.3, 0.4) is 0 Å². The Morgan fingerprint density at radius 1 is 1.26 bits per heavy atom. The van der Waals surface area contributed by atoms with Crippen LogP contribution in [0.15, 0.2) is 0 Å². The number of carboxylic acid groups (broad SMARTS) is 1. The second-order valence-electron chi connectivity index (χ2n) is 5.14. The lowest BCUT2D eigenvalue weighted by molar-refractivity contribution is -0.142. The molecule has 6 nitrogen and oxygen atoms in total. The molecule has 1 aliphatic rings. The SMILES string of the molecule is CN(CCCO)C(=O)NC1CCCCCC1C(=O)O.